The Balaban J connectivity index is 1.61. The van der Waals surface area contributed by atoms with E-state index < -0.39 is 26.6 Å². The third-order valence-corrected chi connectivity index (χ3v) is 7.93. The van der Waals surface area contributed by atoms with Crippen LogP contribution in [-0.2, 0) is 14.8 Å². The first-order valence-electron chi connectivity index (χ1n) is 10.7. The van der Waals surface area contributed by atoms with E-state index in [4.69, 9.17) is 0 Å². The molecule has 1 saturated heterocycles. The van der Waals surface area contributed by atoms with E-state index in [2.05, 4.69) is 0 Å². The van der Waals surface area contributed by atoms with Crippen LogP contribution < -0.4 is 0 Å². The van der Waals surface area contributed by atoms with Crippen molar-refractivity contribution in [2.45, 2.75) is 62.9 Å². The maximum absolute atomic E-state index is 14.0. The summed E-state index contributed by atoms with van der Waals surface area (Å²) in [4.78, 5) is 16.3. The van der Waals surface area contributed by atoms with E-state index in [-0.39, 0.29) is 37.6 Å². The minimum Gasteiger partial charge on any atom is -0.336 e. The summed E-state index contributed by atoms with van der Waals surface area (Å²) in [5.74, 6) is -1.69. The predicted molar refractivity (Wildman–Crippen MR) is 110 cm³/mol. The van der Waals surface area contributed by atoms with Gasteiger partial charge in [-0.2, -0.15) is 4.31 Å². The highest BCUT2D eigenvalue weighted by Crippen LogP contribution is 2.25. The molecule has 2 aliphatic rings. The number of benzene rings is 1. The SMILES string of the molecule is CC(C)N(C(=O)CN1CCN(S(=O)(=O)c2cc(F)ccc2F)CC1)C1CCCCC1. The van der Waals surface area contributed by atoms with Crippen LogP contribution in [0.2, 0.25) is 0 Å². The molecule has 1 saturated carbocycles. The molecule has 6 nitrogen and oxygen atoms in total. The smallest absolute Gasteiger partial charge is 0.246 e. The largest absolute Gasteiger partial charge is 0.336 e. The average molecular weight is 444 g/mol. The average Bonchev–Trinajstić information content (AvgIpc) is 2.71. The second-order valence-electron chi connectivity index (χ2n) is 8.44. The fourth-order valence-electron chi connectivity index (χ4n) is 4.49. The summed E-state index contributed by atoms with van der Waals surface area (Å²) in [6, 6.07) is 2.83. The maximum Gasteiger partial charge on any atom is 0.246 e. The number of hydrogen-bond acceptors (Lipinski definition) is 4. The fourth-order valence-corrected chi connectivity index (χ4v) is 5.99. The molecule has 168 valence electrons. The van der Waals surface area contributed by atoms with Gasteiger partial charge in [0.25, 0.3) is 0 Å². The van der Waals surface area contributed by atoms with Crippen molar-refractivity contribution >= 4 is 15.9 Å². The van der Waals surface area contributed by atoms with Gasteiger partial charge < -0.3 is 4.90 Å². The highest BCUT2D eigenvalue weighted by Gasteiger charge is 2.33. The van der Waals surface area contributed by atoms with Crippen molar-refractivity contribution < 1.29 is 22.0 Å². The van der Waals surface area contributed by atoms with E-state index in [1.54, 1.807) is 0 Å². The van der Waals surface area contributed by atoms with Gasteiger partial charge in [-0.05, 0) is 44.9 Å². The first-order chi connectivity index (χ1) is 14.2. The van der Waals surface area contributed by atoms with Crippen molar-refractivity contribution in [3.05, 3.63) is 29.8 Å². The summed E-state index contributed by atoms with van der Waals surface area (Å²) < 4.78 is 54.0. The number of amides is 1. The predicted octanol–water partition coefficient (Wildman–Crippen LogP) is 2.84. The lowest BCUT2D eigenvalue weighted by molar-refractivity contribution is -0.137. The molecule has 2 fully saturated rings. The van der Waals surface area contributed by atoms with E-state index in [1.165, 1.54) is 6.42 Å². The molecule has 3 rings (SSSR count). The van der Waals surface area contributed by atoms with Gasteiger partial charge in [0.15, 0.2) is 0 Å². The molecule has 1 aliphatic heterocycles. The molecule has 0 radical (unpaired) electrons. The van der Waals surface area contributed by atoms with Gasteiger partial charge in [-0.15, -0.1) is 0 Å². The Morgan fingerprint density at radius 1 is 1.10 bits per heavy atom. The minimum absolute atomic E-state index is 0.0735. The molecule has 0 N–H and O–H groups in total. The van der Waals surface area contributed by atoms with Gasteiger partial charge in [0, 0.05) is 38.3 Å². The Hall–Kier alpha value is -1.58. The molecule has 1 aromatic rings. The zero-order valence-electron chi connectivity index (χ0n) is 17.7. The molecule has 1 heterocycles. The van der Waals surface area contributed by atoms with Crippen LogP contribution in [-0.4, -0.2) is 73.2 Å². The van der Waals surface area contributed by atoms with Crippen LogP contribution in [0, 0.1) is 11.6 Å². The molecule has 0 spiro atoms. The van der Waals surface area contributed by atoms with Crippen molar-refractivity contribution in [1.29, 1.82) is 0 Å². The van der Waals surface area contributed by atoms with Gasteiger partial charge in [-0.1, -0.05) is 19.3 Å². The summed E-state index contributed by atoms with van der Waals surface area (Å²) in [5, 5.41) is 0. The summed E-state index contributed by atoms with van der Waals surface area (Å²) in [5.41, 5.74) is 0. The van der Waals surface area contributed by atoms with Gasteiger partial charge in [0.1, 0.15) is 16.5 Å². The van der Waals surface area contributed by atoms with Crippen LogP contribution in [0.4, 0.5) is 8.78 Å². The Kier molecular flexibility index (Phi) is 7.47. The number of nitrogens with zero attached hydrogens (tertiary/aromatic N) is 3. The maximum atomic E-state index is 14.0. The van der Waals surface area contributed by atoms with Crippen molar-refractivity contribution in [2.75, 3.05) is 32.7 Å². The number of rotatable bonds is 6. The zero-order valence-corrected chi connectivity index (χ0v) is 18.5. The van der Waals surface area contributed by atoms with Crippen LogP contribution in [0.5, 0.6) is 0 Å². The molecule has 9 heteroatoms. The third kappa shape index (κ3) is 5.18. The number of sulfonamides is 1. The van der Waals surface area contributed by atoms with Gasteiger partial charge in [0.2, 0.25) is 15.9 Å². The second kappa shape index (κ2) is 9.70. The van der Waals surface area contributed by atoms with Crippen LogP contribution >= 0.6 is 0 Å². The number of hydrogen-bond donors (Lipinski definition) is 0. The fraction of sp³-hybridized carbons (Fsp3) is 0.667. The molecule has 1 amide bonds. The lowest BCUT2D eigenvalue weighted by Gasteiger charge is -2.40. The second-order valence-corrected chi connectivity index (χ2v) is 10.3. The van der Waals surface area contributed by atoms with Crippen LogP contribution in [0.1, 0.15) is 46.0 Å². The highest BCUT2D eigenvalue weighted by atomic mass is 32.2. The molecular weight excluding hydrogens is 412 g/mol. The highest BCUT2D eigenvalue weighted by molar-refractivity contribution is 7.89. The van der Waals surface area contributed by atoms with Crippen molar-refractivity contribution in [2.24, 2.45) is 0 Å². The van der Waals surface area contributed by atoms with E-state index in [1.807, 2.05) is 23.6 Å². The molecule has 30 heavy (non-hydrogen) atoms. The molecule has 0 bridgehead atoms. The summed E-state index contributed by atoms with van der Waals surface area (Å²) in [7, 11) is -4.12. The number of piperazine rings is 1. The zero-order chi connectivity index (χ0) is 21.9. The van der Waals surface area contributed by atoms with Crippen molar-refractivity contribution in [3.63, 3.8) is 0 Å². The molecule has 1 aromatic carbocycles. The summed E-state index contributed by atoms with van der Waals surface area (Å²) >= 11 is 0. The van der Waals surface area contributed by atoms with E-state index >= 15 is 0 Å². The monoisotopic (exact) mass is 443 g/mol. The number of halogens is 2. The van der Waals surface area contributed by atoms with Crippen LogP contribution in [0.3, 0.4) is 0 Å². The first kappa shape index (κ1) is 23.1. The summed E-state index contributed by atoms with van der Waals surface area (Å²) in [6.07, 6.45) is 5.59. The lowest BCUT2D eigenvalue weighted by atomic mass is 9.93. The Morgan fingerprint density at radius 2 is 1.73 bits per heavy atom. The van der Waals surface area contributed by atoms with E-state index in [9.17, 15) is 22.0 Å². The first-order valence-corrected chi connectivity index (χ1v) is 12.1. The Labute approximate surface area is 177 Å². The van der Waals surface area contributed by atoms with E-state index in [0.29, 0.717) is 19.2 Å². The molecule has 1 aliphatic carbocycles. The van der Waals surface area contributed by atoms with E-state index in [0.717, 1.165) is 42.1 Å². The molecule has 0 aromatic heterocycles. The van der Waals surface area contributed by atoms with Gasteiger partial charge in [-0.3, -0.25) is 9.69 Å². The quantitative estimate of drug-likeness (QED) is 0.678. The third-order valence-electron chi connectivity index (χ3n) is 6.01. The lowest BCUT2D eigenvalue weighted by Crippen LogP contribution is -2.54. The number of carbonyl (C=O) groups is 1. The standard InChI is InChI=1S/C21H31F2N3O3S/c1-16(2)26(18-6-4-3-5-7-18)21(27)15-24-10-12-25(13-11-24)30(28,29)20-14-17(22)8-9-19(20)23/h8-9,14,16,18H,3-7,10-13,15H2,1-2H3. The Morgan fingerprint density at radius 3 is 2.33 bits per heavy atom. The van der Waals surface area contributed by atoms with Gasteiger partial charge in [-0.25, -0.2) is 17.2 Å². The number of carbonyl (C=O) groups excluding carboxylic acids is 1. The summed E-state index contributed by atoms with van der Waals surface area (Å²) in [6.45, 7) is 5.33. The van der Waals surface area contributed by atoms with Gasteiger partial charge >= 0.3 is 0 Å². The normalized spacial score (nSPS) is 19.9. The Bertz CT molecular complexity index is 849. The molecular formula is C21H31F2N3O3S. The van der Waals surface area contributed by atoms with Crippen molar-refractivity contribution in [3.8, 4) is 0 Å². The topological polar surface area (TPSA) is 60.9 Å². The molecule has 0 atom stereocenters. The minimum atomic E-state index is -4.12. The van der Waals surface area contributed by atoms with Crippen molar-refractivity contribution in [1.82, 2.24) is 14.1 Å². The molecule has 0 unspecified atom stereocenters. The van der Waals surface area contributed by atoms with Crippen LogP contribution in [0.15, 0.2) is 23.1 Å². The van der Waals surface area contributed by atoms with Crippen LogP contribution in [0.25, 0.3) is 0 Å². The van der Waals surface area contributed by atoms with Gasteiger partial charge in [0.05, 0.1) is 6.54 Å².